The van der Waals surface area contributed by atoms with Crippen LogP contribution in [0.1, 0.15) is 0 Å². The van der Waals surface area contributed by atoms with Crippen molar-refractivity contribution in [2.45, 2.75) is 0 Å². The van der Waals surface area contributed by atoms with Gasteiger partial charge in [-0.25, -0.2) is 0 Å². The fraction of sp³-hybridized carbons (Fsp3) is 0. The number of anilines is 3. The minimum atomic E-state index is 1.10. The molecule has 11 aromatic rings. The fourth-order valence-electron chi connectivity index (χ4n) is 9.09. The minimum Gasteiger partial charge on any atom is -0.311 e. The lowest BCUT2D eigenvalue weighted by atomic mass is 9.89. The van der Waals surface area contributed by atoms with Gasteiger partial charge >= 0.3 is 0 Å². The SMILES string of the molecule is c1ccc(-c2ccc(N(c3ccc(-c4c(-c5ccccc5)ccc5ccccc45)cc3)c3ccc(-c4cccc5c6ccccc6c6ccccc6c45)cc3)cc2)cc1. The summed E-state index contributed by atoms with van der Waals surface area (Å²) in [5, 5.41) is 10.2. The third-order valence-electron chi connectivity index (χ3n) is 11.9. The summed E-state index contributed by atoms with van der Waals surface area (Å²) in [6, 6.07) is 86.1. The Hall–Kier alpha value is -7.74. The summed E-state index contributed by atoms with van der Waals surface area (Å²) in [4.78, 5) is 2.37. The largest absolute Gasteiger partial charge is 0.311 e. The van der Waals surface area contributed by atoms with Crippen LogP contribution in [-0.4, -0.2) is 0 Å². The van der Waals surface area contributed by atoms with E-state index >= 15 is 0 Å². The van der Waals surface area contributed by atoms with E-state index < -0.39 is 0 Å². The van der Waals surface area contributed by atoms with Crippen molar-refractivity contribution in [3.63, 3.8) is 0 Å². The summed E-state index contributed by atoms with van der Waals surface area (Å²) < 4.78 is 0. The molecule has 59 heavy (non-hydrogen) atoms. The highest BCUT2D eigenvalue weighted by Gasteiger charge is 2.18. The molecule has 0 heterocycles. The summed E-state index contributed by atoms with van der Waals surface area (Å²) in [5.74, 6) is 0. The Balaban J connectivity index is 1.04. The Morgan fingerprint density at radius 3 is 1.22 bits per heavy atom. The number of fused-ring (bicyclic) bond motifs is 7. The van der Waals surface area contributed by atoms with Gasteiger partial charge in [0.1, 0.15) is 0 Å². The Morgan fingerprint density at radius 1 is 0.220 bits per heavy atom. The van der Waals surface area contributed by atoms with Gasteiger partial charge in [-0.2, -0.15) is 0 Å². The number of benzene rings is 11. The van der Waals surface area contributed by atoms with Gasteiger partial charge in [0.2, 0.25) is 0 Å². The van der Waals surface area contributed by atoms with Crippen LogP contribution >= 0.6 is 0 Å². The molecule has 11 aromatic carbocycles. The highest BCUT2D eigenvalue weighted by molar-refractivity contribution is 6.28. The lowest BCUT2D eigenvalue weighted by Crippen LogP contribution is -2.09. The van der Waals surface area contributed by atoms with Crippen molar-refractivity contribution in [3.8, 4) is 44.5 Å². The highest BCUT2D eigenvalue weighted by Crippen LogP contribution is 2.43. The molecular formula is C58H39N. The van der Waals surface area contributed by atoms with Gasteiger partial charge in [-0.3, -0.25) is 0 Å². The van der Waals surface area contributed by atoms with E-state index in [-0.39, 0.29) is 0 Å². The number of hydrogen-bond acceptors (Lipinski definition) is 1. The van der Waals surface area contributed by atoms with Crippen molar-refractivity contribution < 1.29 is 0 Å². The molecule has 0 saturated carbocycles. The third-order valence-corrected chi connectivity index (χ3v) is 11.9. The Bertz CT molecular complexity index is 3230. The Morgan fingerprint density at radius 2 is 0.627 bits per heavy atom. The van der Waals surface area contributed by atoms with Gasteiger partial charge < -0.3 is 4.90 Å². The molecule has 0 N–H and O–H groups in total. The first-order valence-corrected chi connectivity index (χ1v) is 20.3. The molecule has 276 valence electrons. The monoisotopic (exact) mass is 749 g/mol. The fourth-order valence-corrected chi connectivity index (χ4v) is 9.09. The summed E-state index contributed by atoms with van der Waals surface area (Å²) in [6.07, 6.45) is 0. The number of rotatable bonds is 7. The molecule has 0 amide bonds. The van der Waals surface area contributed by atoms with Gasteiger partial charge in [-0.15, -0.1) is 0 Å². The van der Waals surface area contributed by atoms with E-state index in [0.29, 0.717) is 0 Å². The second kappa shape index (κ2) is 14.6. The Labute approximate surface area is 344 Å². The second-order valence-electron chi connectivity index (χ2n) is 15.2. The molecule has 0 aliphatic rings. The van der Waals surface area contributed by atoms with Crippen molar-refractivity contribution in [2.75, 3.05) is 4.90 Å². The summed E-state index contributed by atoms with van der Waals surface area (Å²) in [6.45, 7) is 0. The zero-order valence-electron chi connectivity index (χ0n) is 32.5. The van der Waals surface area contributed by atoms with E-state index in [1.165, 1.54) is 87.6 Å². The van der Waals surface area contributed by atoms with E-state index in [2.05, 4.69) is 241 Å². The molecule has 0 radical (unpaired) electrons. The van der Waals surface area contributed by atoms with Crippen LogP contribution in [0, 0.1) is 0 Å². The zero-order valence-corrected chi connectivity index (χ0v) is 32.5. The molecule has 11 rings (SSSR count). The normalized spacial score (nSPS) is 11.4. The summed E-state index contributed by atoms with van der Waals surface area (Å²) in [7, 11) is 0. The molecule has 1 heteroatoms. The number of nitrogens with zero attached hydrogens (tertiary/aromatic N) is 1. The van der Waals surface area contributed by atoms with Gasteiger partial charge in [-0.1, -0.05) is 200 Å². The second-order valence-corrected chi connectivity index (χ2v) is 15.2. The van der Waals surface area contributed by atoms with Crippen molar-refractivity contribution in [2.24, 2.45) is 0 Å². The minimum absolute atomic E-state index is 1.10. The molecule has 0 aromatic heterocycles. The van der Waals surface area contributed by atoms with Crippen LogP contribution in [0.5, 0.6) is 0 Å². The van der Waals surface area contributed by atoms with Gasteiger partial charge in [-0.05, 0) is 124 Å². The van der Waals surface area contributed by atoms with Gasteiger partial charge in [0.25, 0.3) is 0 Å². The molecule has 0 aliphatic carbocycles. The first-order valence-electron chi connectivity index (χ1n) is 20.3. The number of hydrogen-bond donors (Lipinski definition) is 0. The van der Waals surface area contributed by atoms with E-state index in [1.807, 2.05) is 0 Å². The van der Waals surface area contributed by atoms with Crippen molar-refractivity contribution >= 4 is 60.2 Å². The molecule has 0 bridgehead atoms. The smallest absolute Gasteiger partial charge is 0.0462 e. The lowest BCUT2D eigenvalue weighted by molar-refractivity contribution is 1.28. The molecular weight excluding hydrogens is 711 g/mol. The van der Waals surface area contributed by atoms with Gasteiger partial charge in [0.05, 0.1) is 0 Å². The van der Waals surface area contributed by atoms with Crippen molar-refractivity contribution in [3.05, 3.63) is 237 Å². The van der Waals surface area contributed by atoms with Crippen LogP contribution in [0.2, 0.25) is 0 Å². The predicted octanol–water partition coefficient (Wildman–Crippen LogP) is 16.4. The molecule has 0 spiro atoms. The van der Waals surface area contributed by atoms with Crippen LogP contribution in [0.25, 0.3) is 87.6 Å². The lowest BCUT2D eigenvalue weighted by Gasteiger charge is -2.26. The maximum absolute atomic E-state index is 2.37. The van der Waals surface area contributed by atoms with Crippen LogP contribution in [0.3, 0.4) is 0 Å². The maximum atomic E-state index is 2.37. The molecule has 0 fully saturated rings. The molecule has 0 aliphatic heterocycles. The van der Waals surface area contributed by atoms with Crippen molar-refractivity contribution in [1.82, 2.24) is 0 Å². The zero-order chi connectivity index (χ0) is 39.1. The van der Waals surface area contributed by atoms with Gasteiger partial charge in [0.15, 0.2) is 0 Å². The predicted molar refractivity (Wildman–Crippen MR) is 253 cm³/mol. The average Bonchev–Trinajstić information content (AvgIpc) is 3.32. The van der Waals surface area contributed by atoms with E-state index in [9.17, 15) is 0 Å². The molecule has 0 unspecified atom stereocenters. The topological polar surface area (TPSA) is 3.24 Å². The maximum Gasteiger partial charge on any atom is 0.0462 e. The molecule has 1 nitrogen and oxygen atoms in total. The van der Waals surface area contributed by atoms with E-state index in [0.717, 1.165) is 17.1 Å². The van der Waals surface area contributed by atoms with Gasteiger partial charge in [0, 0.05) is 17.1 Å². The first-order chi connectivity index (χ1) is 29.3. The quantitative estimate of drug-likeness (QED) is 0.147. The molecule has 0 saturated heterocycles. The highest BCUT2D eigenvalue weighted by atomic mass is 15.1. The van der Waals surface area contributed by atoms with E-state index in [4.69, 9.17) is 0 Å². The summed E-state index contributed by atoms with van der Waals surface area (Å²) in [5.41, 5.74) is 13.0. The van der Waals surface area contributed by atoms with Crippen molar-refractivity contribution in [1.29, 1.82) is 0 Å². The first kappa shape index (κ1) is 34.5. The van der Waals surface area contributed by atoms with E-state index in [1.54, 1.807) is 0 Å². The average molecular weight is 750 g/mol. The third kappa shape index (κ3) is 6.12. The summed E-state index contributed by atoms with van der Waals surface area (Å²) >= 11 is 0. The van der Waals surface area contributed by atoms with Crippen LogP contribution in [0.4, 0.5) is 17.1 Å². The van der Waals surface area contributed by atoms with Crippen LogP contribution < -0.4 is 4.90 Å². The molecule has 0 atom stereocenters. The standard InChI is InChI=1S/C58H39N/c1-3-14-40(15-4-1)41-26-33-46(34-27-41)59(48-37-30-45(31-38-48)57-49-19-8-7-18-43(49)32-39-51(57)42-16-5-2-6-17-42)47-35-28-44(29-36-47)50-24-13-25-56-54-21-10-9-20-52(54)53-22-11-12-23-55(53)58(50)56/h1-39H. The Kier molecular flexibility index (Phi) is 8.56. The van der Waals surface area contributed by atoms with Crippen LogP contribution in [0.15, 0.2) is 237 Å². The van der Waals surface area contributed by atoms with Crippen LogP contribution in [-0.2, 0) is 0 Å².